The van der Waals surface area contributed by atoms with Gasteiger partial charge in [0.1, 0.15) is 0 Å². The lowest BCUT2D eigenvalue weighted by Gasteiger charge is -2.09. The van der Waals surface area contributed by atoms with Crippen LogP contribution in [0.5, 0.6) is 0 Å². The van der Waals surface area contributed by atoms with E-state index >= 15 is 0 Å². The second-order valence-electron chi connectivity index (χ2n) is 4.04. The molecule has 0 aliphatic heterocycles. The fraction of sp³-hybridized carbons (Fsp3) is 0.400. The van der Waals surface area contributed by atoms with E-state index in [-0.39, 0.29) is 12.6 Å². The molecule has 0 fully saturated rings. The van der Waals surface area contributed by atoms with E-state index in [4.69, 9.17) is 9.47 Å². The van der Waals surface area contributed by atoms with Gasteiger partial charge in [-0.2, -0.15) is 0 Å². The van der Waals surface area contributed by atoms with Crippen molar-refractivity contribution in [2.24, 2.45) is 0 Å². The Bertz CT molecular complexity index is 386. The monoisotopic (exact) mass is 264 g/mol. The molecule has 4 heteroatoms. The predicted molar refractivity (Wildman–Crippen MR) is 72.5 cm³/mol. The lowest BCUT2D eigenvalue weighted by Crippen LogP contribution is -2.14. The van der Waals surface area contributed by atoms with Gasteiger partial charge in [0, 0.05) is 6.08 Å². The van der Waals surface area contributed by atoms with E-state index in [1.165, 1.54) is 6.08 Å². The SMILES string of the molecule is CCOC(=O)/C=C/C[C@@H](O)COCc1ccccc1. The van der Waals surface area contributed by atoms with E-state index in [2.05, 4.69) is 0 Å². The quantitative estimate of drug-likeness (QED) is 0.577. The molecular formula is C15H20O4. The molecule has 0 saturated heterocycles. The standard InChI is InChI=1S/C15H20O4/c1-2-19-15(17)10-6-9-14(16)12-18-11-13-7-4-3-5-8-13/h3-8,10,14,16H,2,9,11-12H2,1H3/b10-6+/t14-/m1/s1. The molecule has 0 aromatic heterocycles. The number of aliphatic hydroxyl groups is 1. The van der Waals surface area contributed by atoms with Crippen molar-refractivity contribution in [2.45, 2.75) is 26.1 Å². The highest BCUT2D eigenvalue weighted by Gasteiger charge is 2.02. The Kier molecular flexibility index (Phi) is 7.54. The molecular weight excluding hydrogens is 244 g/mol. The molecule has 0 bridgehead atoms. The van der Waals surface area contributed by atoms with Crippen LogP contribution in [0.1, 0.15) is 18.9 Å². The molecule has 1 rings (SSSR count). The van der Waals surface area contributed by atoms with Crippen LogP contribution in [-0.4, -0.2) is 30.4 Å². The molecule has 1 atom stereocenters. The molecule has 0 aliphatic rings. The van der Waals surface area contributed by atoms with Gasteiger partial charge >= 0.3 is 5.97 Å². The number of hydrogen-bond donors (Lipinski definition) is 1. The molecule has 0 radical (unpaired) electrons. The average molecular weight is 264 g/mol. The number of benzene rings is 1. The van der Waals surface area contributed by atoms with Crippen molar-refractivity contribution < 1.29 is 19.4 Å². The number of rotatable bonds is 8. The fourth-order valence-electron chi connectivity index (χ4n) is 1.47. The molecule has 0 spiro atoms. The molecule has 0 heterocycles. The van der Waals surface area contributed by atoms with Crippen LogP contribution in [0.25, 0.3) is 0 Å². The zero-order chi connectivity index (χ0) is 13.9. The first kappa shape index (κ1) is 15.4. The second kappa shape index (κ2) is 9.30. The number of hydrogen-bond acceptors (Lipinski definition) is 4. The molecule has 0 amide bonds. The maximum atomic E-state index is 11.0. The Hall–Kier alpha value is -1.65. The number of carbonyl (C=O) groups excluding carboxylic acids is 1. The van der Waals surface area contributed by atoms with Crippen molar-refractivity contribution in [3.8, 4) is 0 Å². The van der Waals surface area contributed by atoms with Gasteiger partial charge in [-0.05, 0) is 18.9 Å². The zero-order valence-electron chi connectivity index (χ0n) is 11.1. The largest absolute Gasteiger partial charge is 0.463 e. The normalized spacial score (nSPS) is 12.5. The number of carbonyl (C=O) groups is 1. The summed E-state index contributed by atoms with van der Waals surface area (Å²) in [7, 11) is 0. The van der Waals surface area contributed by atoms with Gasteiger partial charge in [-0.3, -0.25) is 0 Å². The van der Waals surface area contributed by atoms with Crippen molar-refractivity contribution in [2.75, 3.05) is 13.2 Å². The summed E-state index contributed by atoms with van der Waals surface area (Å²) in [5.41, 5.74) is 1.07. The van der Waals surface area contributed by atoms with Crippen molar-refractivity contribution in [3.05, 3.63) is 48.0 Å². The van der Waals surface area contributed by atoms with E-state index in [1.807, 2.05) is 30.3 Å². The van der Waals surface area contributed by atoms with Gasteiger partial charge in [0.15, 0.2) is 0 Å². The molecule has 1 N–H and O–H groups in total. The fourth-order valence-corrected chi connectivity index (χ4v) is 1.47. The minimum absolute atomic E-state index is 0.238. The van der Waals surface area contributed by atoms with Crippen LogP contribution in [0.2, 0.25) is 0 Å². The number of esters is 1. The Morgan fingerprint density at radius 3 is 2.79 bits per heavy atom. The van der Waals surface area contributed by atoms with Crippen molar-refractivity contribution in [3.63, 3.8) is 0 Å². The first-order valence-corrected chi connectivity index (χ1v) is 6.35. The van der Waals surface area contributed by atoms with Gasteiger partial charge in [0.05, 0.1) is 25.9 Å². The van der Waals surface area contributed by atoms with Crippen LogP contribution in [0.15, 0.2) is 42.5 Å². The molecule has 19 heavy (non-hydrogen) atoms. The van der Waals surface area contributed by atoms with Gasteiger partial charge < -0.3 is 14.6 Å². The van der Waals surface area contributed by atoms with Crippen LogP contribution in [0.4, 0.5) is 0 Å². The molecule has 104 valence electrons. The second-order valence-corrected chi connectivity index (χ2v) is 4.04. The van der Waals surface area contributed by atoms with Gasteiger partial charge in [-0.25, -0.2) is 4.79 Å². The first-order valence-electron chi connectivity index (χ1n) is 6.35. The molecule has 1 aromatic rings. The summed E-state index contributed by atoms with van der Waals surface area (Å²) in [6.07, 6.45) is 2.67. The van der Waals surface area contributed by atoms with Crippen molar-refractivity contribution >= 4 is 5.97 Å². The molecule has 0 saturated carbocycles. The van der Waals surface area contributed by atoms with E-state index in [1.54, 1.807) is 13.0 Å². The zero-order valence-corrected chi connectivity index (χ0v) is 11.1. The Morgan fingerprint density at radius 2 is 2.11 bits per heavy atom. The summed E-state index contributed by atoms with van der Waals surface area (Å²) >= 11 is 0. The van der Waals surface area contributed by atoms with E-state index in [0.29, 0.717) is 19.6 Å². The number of ether oxygens (including phenoxy) is 2. The lowest BCUT2D eigenvalue weighted by atomic mass is 10.2. The third-order valence-corrected chi connectivity index (χ3v) is 2.37. The molecule has 4 nitrogen and oxygen atoms in total. The van der Waals surface area contributed by atoms with Gasteiger partial charge in [-0.15, -0.1) is 0 Å². The topological polar surface area (TPSA) is 55.8 Å². The summed E-state index contributed by atoms with van der Waals surface area (Å²) in [4.78, 5) is 11.0. The predicted octanol–water partition coefficient (Wildman–Crippen LogP) is 2.07. The smallest absolute Gasteiger partial charge is 0.330 e. The summed E-state index contributed by atoms with van der Waals surface area (Å²) in [6.45, 7) is 2.81. The molecule has 1 aromatic carbocycles. The van der Waals surface area contributed by atoms with Gasteiger partial charge in [0.2, 0.25) is 0 Å². The van der Waals surface area contributed by atoms with Gasteiger partial charge in [-0.1, -0.05) is 36.4 Å². The maximum Gasteiger partial charge on any atom is 0.330 e. The van der Waals surface area contributed by atoms with Crippen LogP contribution in [-0.2, 0) is 20.9 Å². The van der Waals surface area contributed by atoms with Crippen molar-refractivity contribution in [1.82, 2.24) is 0 Å². The average Bonchev–Trinajstić information content (AvgIpc) is 2.40. The van der Waals surface area contributed by atoms with E-state index in [0.717, 1.165) is 5.56 Å². The van der Waals surface area contributed by atoms with Crippen LogP contribution in [0.3, 0.4) is 0 Å². The maximum absolute atomic E-state index is 11.0. The molecule has 0 aliphatic carbocycles. The molecule has 0 unspecified atom stereocenters. The third-order valence-electron chi connectivity index (χ3n) is 2.37. The van der Waals surface area contributed by atoms with Crippen LogP contribution >= 0.6 is 0 Å². The summed E-state index contributed by atoms with van der Waals surface area (Å²) in [6, 6.07) is 9.76. The lowest BCUT2D eigenvalue weighted by molar-refractivity contribution is -0.137. The van der Waals surface area contributed by atoms with Crippen molar-refractivity contribution in [1.29, 1.82) is 0 Å². The Labute approximate surface area is 113 Å². The minimum atomic E-state index is -0.616. The highest BCUT2D eigenvalue weighted by Crippen LogP contribution is 2.02. The van der Waals surface area contributed by atoms with Crippen LogP contribution < -0.4 is 0 Å². The van der Waals surface area contributed by atoms with Crippen LogP contribution in [0, 0.1) is 0 Å². The highest BCUT2D eigenvalue weighted by atomic mass is 16.5. The van der Waals surface area contributed by atoms with E-state index in [9.17, 15) is 9.90 Å². The Balaban J connectivity index is 2.14. The minimum Gasteiger partial charge on any atom is -0.463 e. The highest BCUT2D eigenvalue weighted by molar-refractivity contribution is 5.81. The summed E-state index contributed by atoms with van der Waals surface area (Å²) in [5.74, 6) is -0.389. The Morgan fingerprint density at radius 1 is 1.37 bits per heavy atom. The third kappa shape index (κ3) is 7.39. The summed E-state index contributed by atoms with van der Waals surface area (Å²) in [5, 5.41) is 9.64. The summed E-state index contributed by atoms with van der Waals surface area (Å²) < 4.78 is 10.1. The first-order chi connectivity index (χ1) is 9.22. The van der Waals surface area contributed by atoms with Gasteiger partial charge in [0.25, 0.3) is 0 Å². The number of aliphatic hydroxyl groups excluding tert-OH is 1. The van der Waals surface area contributed by atoms with E-state index < -0.39 is 6.10 Å².